The maximum absolute atomic E-state index is 12.8. The third-order valence-corrected chi connectivity index (χ3v) is 4.02. The average Bonchev–Trinajstić information content (AvgIpc) is 3.06. The molecule has 0 aliphatic carbocycles. The zero-order chi connectivity index (χ0) is 18.3. The van der Waals surface area contributed by atoms with Crippen LogP contribution in [0.1, 0.15) is 21.7 Å². The van der Waals surface area contributed by atoms with Crippen LogP contribution in [0.25, 0.3) is 5.69 Å². The van der Waals surface area contributed by atoms with Crippen molar-refractivity contribution in [2.75, 3.05) is 5.32 Å². The molecule has 0 bridgehead atoms. The van der Waals surface area contributed by atoms with Crippen LogP contribution in [0.5, 0.6) is 5.75 Å². The molecule has 8 heteroatoms. The van der Waals surface area contributed by atoms with Crippen LogP contribution in [-0.4, -0.2) is 15.5 Å². The number of alkyl halides is 3. The molecule has 1 aromatic heterocycles. The molecule has 1 aliphatic heterocycles. The normalized spacial score (nSPS) is 12.7. The summed E-state index contributed by atoms with van der Waals surface area (Å²) >= 11 is 0. The van der Waals surface area contributed by atoms with E-state index in [1.54, 1.807) is 10.6 Å². The van der Waals surface area contributed by atoms with Crippen LogP contribution in [0.15, 0.2) is 54.9 Å². The van der Waals surface area contributed by atoms with Crippen molar-refractivity contribution in [1.82, 2.24) is 9.55 Å². The maximum Gasteiger partial charge on any atom is 0.416 e. The molecule has 2 heterocycles. The Balaban J connectivity index is 1.63. The lowest BCUT2D eigenvalue weighted by Crippen LogP contribution is -2.19. The summed E-state index contributed by atoms with van der Waals surface area (Å²) in [6, 6.07) is 11.8. The van der Waals surface area contributed by atoms with E-state index in [1.807, 2.05) is 18.2 Å². The Morgan fingerprint density at radius 2 is 1.96 bits per heavy atom. The Labute approximate surface area is 146 Å². The van der Waals surface area contributed by atoms with Crippen LogP contribution < -0.4 is 10.1 Å². The van der Waals surface area contributed by atoms with Gasteiger partial charge in [-0.05, 0) is 30.3 Å². The molecule has 132 valence electrons. The van der Waals surface area contributed by atoms with Gasteiger partial charge in [0.2, 0.25) is 0 Å². The summed E-state index contributed by atoms with van der Waals surface area (Å²) in [6.45, 7) is 0.141. The van der Waals surface area contributed by atoms with Crippen molar-refractivity contribution in [3.05, 3.63) is 71.8 Å². The lowest BCUT2D eigenvalue weighted by Gasteiger charge is -2.20. The standard InChI is InChI=1S/C18H12F3N3O2/c19-18(20,21)11-4-3-5-12(8-11)23-17(25)16-14-9-26-15-7-2-1-6-13(15)24(14)10-22-16/h1-8,10H,9H2,(H,23,25). The van der Waals surface area contributed by atoms with Gasteiger partial charge in [0.15, 0.2) is 5.69 Å². The summed E-state index contributed by atoms with van der Waals surface area (Å²) in [4.78, 5) is 16.6. The first-order valence-electron chi connectivity index (χ1n) is 7.70. The number of fused-ring (bicyclic) bond motifs is 3. The number of para-hydroxylation sites is 2. The van der Waals surface area contributed by atoms with E-state index in [9.17, 15) is 18.0 Å². The second-order valence-corrected chi connectivity index (χ2v) is 5.70. The summed E-state index contributed by atoms with van der Waals surface area (Å²) < 4.78 is 45.8. The summed E-state index contributed by atoms with van der Waals surface area (Å²) in [5.74, 6) is 0.0725. The first kappa shape index (κ1) is 16.2. The van der Waals surface area contributed by atoms with Gasteiger partial charge in [0, 0.05) is 5.69 Å². The largest absolute Gasteiger partial charge is 0.485 e. The number of anilines is 1. The van der Waals surface area contributed by atoms with Crippen molar-refractivity contribution < 1.29 is 22.7 Å². The highest BCUT2D eigenvalue weighted by atomic mass is 19.4. The Morgan fingerprint density at radius 1 is 1.15 bits per heavy atom. The van der Waals surface area contributed by atoms with E-state index in [0.29, 0.717) is 11.4 Å². The monoisotopic (exact) mass is 359 g/mol. The fourth-order valence-electron chi connectivity index (χ4n) is 2.80. The quantitative estimate of drug-likeness (QED) is 0.751. The number of carbonyl (C=O) groups is 1. The van der Waals surface area contributed by atoms with Crippen molar-refractivity contribution >= 4 is 11.6 Å². The number of amides is 1. The molecule has 3 aromatic rings. The number of nitrogens with zero attached hydrogens (tertiary/aromatic N) is 2. The lowest BCUT2D eigenvalue weighted by molar-refractivity contribution is -0.137. The molecule has 0 spiro atoms. The first-order valence-corrected chi connectivity index (χ1v) is 7.70. The zero-order valence-corrected chi connectivity index (χ0v) is 13.2. The number of imidazole rings is 1. The number of benzene rings is 2. The molecule has 0 atom stereocenters. The van der Waals surface area contributed by atoms with Crippen molar-refractivity contribution in [3.63, 3.8) is 0 Å². The molecule has 0 saturated carbocycles. The summed E-state index contributed by atoms with van der Waals surface area (Å²) in [6.07, 6.45) is -2.98. The van der Waals surface area contributed by atoms with E-state index in [-0.39, 0.29) is 18.0 Å². The highest BCUT2D eigenvalue weighted by Gasteiger charge is 2.31. The molecule has 0 radical (unpaired) electrons. The predicted molar refractivity (Wildman–Crippen MR) is 87.3 cm³/mol. The topological polar surface area (TPSA) is 56.2 Å². The molecular weight excluding hydrogens is 347 g/mol. The number of ether oxygens (including phenoxy) is 1. The van der Waals surface area contributed by atoms with Gasteiger partial charge in [-0.25, -0.2) is 4.98 Å². The SMILES string of the molecule is O=C(Nc1cccc(C(F)(F)F)c1)c1ncn2c1COc1ccccc1-2. The van der Waals surface area contributed by atoms with Crippen LogP contribution >= 0.6 is 0 Å². The van der Waals surface area contributed by atoms with E-state index in [0.717, 1.165) is 17.8 Å². The van der Waals surface area contributed by atoms with E-state index < -0.39 is 17.6 Å². The molecule has 26 heavy (non-hydrogen) atoms. The molecule has 1 N–H and O–H groups in total. The van der Waals surface area contributed by atoms with Gasteiger partial charge in [-0.2, -0.15) is 13.2 Å². The van der Waals surface area contributed by atoms with Gasteiger partial charge in [0.25, 0.3) is 5.91 Å². The lowest BCUT2D eigenvalue weighted by atomic mass is 10.2. The van der Waals surface area contributed by atoms with Crippen molar-refractivity contribution in [2.45, 2.75) is 12.8 Å². The molecular formula is C18H12F3N3O2. The molecule has 5 nitrogen and oxygen atoms in total. The van der Waals surface area contributed by atoms with Crippen LogP contribution in [0, 0.1) is 0 Å². The van der Waals surface area contributed by atoms with Gasteiger partial charge in [-0.15, -0.1) is 0 Å². The Hall–Kier alpha value is -3.29. The first-order chi connectivity index (χ1) is 12.4. The van der Waals surface area contributed by atoms with Gasteiger partial charge in [0.05, 0.1) is 16.9 Å². The van der Waals surface area contributed by atoms with Crippen LogP contribution in [0.3, 0.4) is 0 Å². The third-order valence-electron chi connectivity index (χ3n) is 4.02. The van der Waals surface area contributed by atoms with Crippen LogP contribution in [-0.2, 0) is 12.8 Å². The third kappa shape index (κ3) is 2.79. The van der Waals surface area contributed by atoms with Crippen LogP contribution in [0.2, 0.25) is 0 Å². The molecule has 2 aromatic carbocycles. The number of hydrogen-bond donors (Lipinski definition) is 1. The van der Waals surface area contributed by atoms with Gasteiger partial charge in [-0.1, -0.05) is 18.2 Å². The van der Waals surface area contributed by atoms with E-state index in [2.05, 4.69) is 10.3 Å². The molecule has 1 aliphatic rings. The van der Waals surface area contributed by atoms with Crippen molar-refractivity contribution in [3.8, 4) is 11.4 Å². The average molecular weight is 359 g/mol. The number of carbonyl (C=O) groups excluding carboxylic acids is 1. The highest BCUT2D eigenvalue weighted by molar-refractivity contribution is 6.03. The molecule has 1 amide bonds. The van der Waals surface area contributed by atoms with E-state index in [4.69, 9.17) is 4.74 Å². The van der Waals surface area contributed by atoms with Crippen molar-refractivity contribution in [1.29, 1.82) is 0 Å². The second kappa shape index (κ2) is 5.91. The highest BCUT2D eigenvalue weighted by Crippen LogP contribution is 2.32. The van der Waals surface area contributed by atoms with Gasteiger partial charge < -0.3 is 10.1 Å². The van der Waals surface area contributed by atoms with Gasteiger partial charge in [-0.3, -0.25) is 9.36 Å². The Morgan fingerprint density at radius 3 is 2.77 bits per heavy atom. The van der Waals surface area contributed by atoms with Gasteiger partial charge in [0.1, 0.15) is 18.7 Å². The Bertz CT molecular complexity index is 995. The number of rotatable bonds is 2. The molecule has 0 unspecified atom stereocenters. The Kier molecular flexibility index (Phi) is 3.68. The number of nitrogens with one attached hydrogen (secondary N) is 1. The van der Waals surface area contributed by atoms with Crippen molar-refractivity contribution in [2.24, 2.45) is 0 Å². The van der Waals surface area contributed by atoms with Crippen LogP contribution in [0.4, 0.5) is 18.9 Å². The maximum atomic E-state index is 12.8. The number of halogens is 3. The molecule has 0 fully saturated rings. The predicted octanol–water partition coefficient (Wildman–Crippen LogP) is 4.04. The fraction of sp³-hybridized carbons (Fsp3) is 0.111. The summed E-state index contributed by atoms with van der Waals surface area (Å²) in [5, 5.41) is 2.46. The van der Waals surface area contributed by atoms with Gasteiger partial charge >= 0.3 is 6.18 Å². The second-order valence-electron chi connectivity index (χ2n) is 5.70. The molecule has 0 saturated heterocycles. The fourth-order valence-corrected chi connectivity index (χ4v) is 2.80. The zero-order valence-electron chi connectivity index (χ0n) is 13.2. The number of hydrogen-bond acceptors (Lipinski definition) is 3. The minimum absolute atomic E-state index is 0.0451. The minimum Gasteiger partial charge on any atom is -0.485 e. The minimum atomic E-state index is -4.48. The number of aromatic nitrogens is 2. The van der Waals surface area contributed by atoms with E-state index >= 15 is 0 Å². The summed E-state index contributed by atoms with van der Waals surface area (Å²) in [5.41, 5.74) is 0.604. The molecule has 4 rings (SSSR count). The smallest absolute Gasteiger partial charge is 0.416 e. The van der Waals surface area contributed by atoms with E-state index in [1.165, 1.54) is 18.5 Å². The summed E-state index contributed by atoms with van der Waals surface area (Å²) in [7, 11) is 0.